The number of benzene rings is 1. The third-order valence-electron chi connectivity index (χ3n) is 6.14. The molecule has 1 aromatic heterocycles. The van der Waals surface area contributed by atoms with Crippen LogP contribution in [0.2, 0.25) is 0 Å². The van der Waals surface area contributed by atoms with Gasteiger partial charge in [0.1, 0.15) is 5.75 Å². The molecule has 0 saturated carbocycles. The molecule has 0 atom stereocenters. The van der Waals surface area contributed by atoms with Gasteiger partial charge in [-0.15, -0.1) is 24.8 Å². The molecule has 34 heavy (non-hydrogen) atoms. The Morgan fingerprint density at radius 1 is 1.09 bits per heavy atom. The molecule has 6 nitrogen and oxygen atoms in total. The maximum Gasteiger partial charge on any atom is 0.255 e. The summed E-state index contributed by atoms with van der Waals surface area (Å²) >= 11 is 0. The molecule has 1 aliphatic heterocycles. The number of anilines is 1. The molecule has 0 spiro atoms. The first-order chi connectivity index (χ1) is 15.7. The number of H-pyrrole nitrogens is 1. The zero-order chi connectivity index (χ0) is 22.6. The summed E-state index contributed by atoms with van der Waals surface area (Å²) in [5, 5.41) is 3.23. The molecule has 2 aromatic rings. The Bertz CT molecular complexity index is 885. The van der Waals surface area contributed by atoms with Crippen LogP contribution in [0.5, 0.6) is 5.75 Å². The van der Waals surface area contributed by atoms with Gasteiger partial charge in [0, 0.05) is 24.3 Å². The minimum absolute atomic E-state index is 0. The fourth-order valence-electron chi connectivity index (χ4n) is 4.30. The van der Waals surface area contributed by atoms with Gasteiger partial charge in [0.2, 0.25) is 5.95 Å². The van der Waals surface area contributed by atoms with Crippen molar-refractivity contribution in [1.29, 1.82) is 0 Å². The molecule has 0 amide bonds. The molecule has 0 aliphatic carbocycles. The fraction of sp³-hybridized carbons (Fsp3) is 0.615. The SMILES string of the molecule is CCCCCCc1c(C)nc(NCCCOc2cccc(CN3CCCCC3)c2)[nH]c1=O.Cl.Cl. The predicted molar refractivity (Wildman–Crippen MR) is 146 cm³/mol. The Morgan fingerprint density at radius 3 is 2.62 bits per heavy atom. The normalized spacial score (nSPS) is 13.6. The van der Waals surface area contributed by atoms with Crippen molar-refractivity contribution in [3.05, 3.63) is 51.4 Å². The number of unbranched alkanes of at least 4 members (excludes halogenated alkanes) is 3. The lowest BCUT2D eigenvalue weighted by Gasteiger charge is -2.26. The first kappa shape index (κ1) is 30.3. The van der Waals surface area contributed by atoms with Crippen LogP contribution in [0.1, 0.15) is 75.1 Å². The molecule has 0 unspecified atom stereocenters. The van der Waals surface area contributed by atoms with Gasteiger partial charge < -0.3 is 10.1 Å². The summed E-state index contributed by atoms with van der Waals surface area (Å²) < 4.78 is 5.95. The molecule has 0 bridgehead atoms. The highest BCUT2D eigenvalue weighted by Gasteiger charge is 2.11. The number of hydrogen-bond donors (Lipinski definition) is 2. The first-order valence-electron chi connectivity index (χ1n) is 12.4. The van der Waals surface area contributed by atoms with Gasteiger partial charge in [-0.25, -0.2) is 4.98 Å². The van der Waals surface area contributed by atoms with Crippen LogP contribution in [-0.4, -0.2) is 41.1 Å². The van der Waals surface area contributed by atoms with E-state index in [1.165, 1.54) is 50.8 Å². The average molecular weight is 514 g/mol. The van der Waals surface area contributed by atoms with Crippen molar-refractivity contribution in [3.63, 3.8) is 0 Å². The highest BCUT2D eigenvalue weighted by atomic mass is 35.5. The number of likely N-dealkylation sites (tertiary alicyclic amines) is 1. The van der Waals surface area contributed by atoms with Crippen LogP contribution in [-0.2, 0) is 13.0 Å². The largest absolute Gasteiger partial charge is 0.494 e. The van der Waals surface area contributed by atoms with Crippen molar-refractivity contribution in [1.82, 2.24) is 14.9 Å². The fourth-order valence-corrected chi connectivity index (χ4v) is 4.30. The van der Waals surface area contributed by atoms with E-state index in [0.717, 1.165) is 49.2 Å². The van der Waals surface area contributed by atoms with E-state index in [-0.39, 0.29) is 30.4 Å². The quantitative estimate of drug-likeness (QED) is 0.326. The second-order valence-corrected chi connectivity index (χ2v) is 8.90. The monoisotopic (exact) mass is 512 g/mol. The van der Waals surface area contributed by atoms with Crippen molar-refractivity contribution in [2.45, 2.75) is 78.2 Å². The number of ether oxygens (including phenoxy) is 1. The third-order valence-corrected chi connectivity index (χ3v) is 6.14. The van der Waals surface area contributed by atoms with Crippen LogP contribution in [0.4, 0.5) is 5.95 Å². The van der Waals surface area contributed by atoms with E-state index in [0.29, 0.717) is 19.1 Å². The molecule has 3 rings (SSSR count). The van der Waals surface area contributed by atoms with Gasteiger partial charge in [-0.1, -0.05) is 44.7 Å². The molecular formula is C26H42Cl2N4O2. The van der Waals surface area contributed by atoms with E-state index < -0.39 is 0 Å². The van der Waals surface area contributed by atoms with E-state index in [4.69, 9.17) is 4.74 Å². The van der Waals surface area contributed by atoms with Gasteiger partial charge in [-0.3, -0.25) is 14.7 Å². The third kappa shape index (κ3) is 10.2. The summed E-state index contributed by atoms with van der Waals surface area (Å²) in [6.45, 7) is 8.85. The number of nitrogens with zero attached hydrogens (tertiary/aromatic N) is 2. The zero-order valence-corrected chi connectivity index (χ0v) is 22.4. The maximum atomic E-state index is 12.4. The lowest BCUT2D eigenvalue weighted by Crippen LogP contribution is -2.29. The van der Waals surface area contributed by atoms with Crippen LogP contribution in [0, 0.1) is 6.92 Å². The lowest BCUT2D eigenvalue weighted by atomic mass is 10.1. The number of halogens is 2. The Hall–Kier alpha value is -1.76. The first-order valence-corrected chi connectivity index (χ1v) is 12.4. The average Bonchev–Trinajstić information content (AvgIpc) is 2.79. The standard InChI is InChI=1S/C26H40N4O2.2ClH/c1-3-4-5-7-14-24-21(2)28-26(29-25(24)31)27-15-11-18-32-23-13-10-12-22(19-23)20-30-16-8-6-9-17-30;;/h10,12-13,19H,3-9,11,14-18,20H2,1-2H3,(H2,27,28,29,31);2*1H. The van der Waals surface area contributed by atoms with Crippen LogP contribution < -0.4 is 15.6 Å². The number of aryl methyl sites for hydroxylation is 1. The summed E-state index contributed by atoms with van der Waals surface area (Å²) in [4.78, 5) is 22.4. The number of piperidine rings is 1. The summed E-state index contributed by atoms with van der Waals surface area (Å²) in [5.41, 5.74) is 2.95. The Kier molecular flexibility index (Phi) is 15.0. The van der Waals surface area contributed by atoms with Crippen molar-refractivity contribution in [2.24, 2.45) is 0 Å². The Morgan fingerprint density at radius 2 is 1.88 bits per heavy atom. The van der Waals surface area contributed by atoms with E-state index in [1.807, 2.05) is 13.0 Å². The van der Waals surface area contributed by atoms with Gasteiger partial charge in [-0.05, 0) is 69.8 Å². The van der Waals surface area contributed by atoms with E-state index in [9.17, 15) is 4.79 Å². The highest BCUT2D eigenvalue weighted by molar-refractivity contribution is 5.85. The Balaban J connectivity index is 0.00000289. The van der Waals surface area contributed by atoms with Crippen molar-refractivity contribution in [2.75, 3.05) is 31.6 Å². The van der Waals surface area contributed by atoms with Crippen LogP contribution >= 0.6 is 24.8 Å². The van der Waals surface area contributed by atoms with Gasteiger partial charge in [0.05, 0.1) is 6.61 Å². The summed E-state index contributed by atoms with van der Waals surface area (Å²) in [5.74, 6) is 1.47. The molecule has 2 heterocycles. The number of aromatic amines is 1. The van der Waals surface area contributed by atoms with Gasteiger partial charge in [0.15, 0.2) is 0 Å². The molecule has 1 aromatic carbocycles. The molecule has 2 N–H and O–H groups in total. The van der Waals surface area contributed by atoms with E-state index >= 15 is 0 Å². The molecule has 1 saturated heterocycles. The van der Waals surface area contributed by atoms with Crippen molar-refractivity contribution in [3.8, 4) is 5.75 Å². The van der Waals surface area contributed by atoms with Crippen molar-refractivity contribution < 1.29 is 4.74 Å². The molecular weight excluding hydrogens is 471 g/mol. The summed E-state index contributed by atoms with van der Waals surface area (Å²) in [6.07, 6.45) is 10.2. The van der Waals surface area contributed by atoms with Crippen LogP contribution in [0.3, 0.4) is 0 Å². The maximum absolute atomic E-state index is 12.4. The second kappa shape index (κ2) is 16.8. The van der Waals surface area contributed by atoms with Gasteiger partial charge in [-0.2, -0.15) is 0 Å². The second-order valence-electron chi connectivity index (χ2n) is 8.90. The minimum atomic E-state index is -0.0155. The number of nitrogens with one attached hydrogen (secondary N) is 2. The van der Waals surface area contributed by atoms with E-state index in [1.54, 1.807) is 0 Å². The number of aromatic nitrogens is 2. The van der Waals surface area contributed by atoms with E-state index in [2.05, 4.69) is 45.3 Å². The van der Waals surface area contributed by atoms with Crippen LogP contribution in [0.15, 0.2) is 29.1 Å². The molecule has 8 heteroatoms. The van der Waals surface area contributed by atoms with Gasteiger partial charge >= 0.3 is 0 Å². The summed E-state index contributed by atoms with van der Waals surface area (Å²) in [7, 11) is 0. The minimum Gasteiger partial charge on any atom is -0.494 e. The molecule has 192 valence electrons. The molecule has 1 aliphatic rings. The Labute approximate surface area is 217 Å². The molecule has 0 radical (unpaired) electrons. The zero-order valence-electron chi connectivity index (χ0n) is 20.7. The summed E-state index contributed by atoms with van der Waals surface area (Å²) in [6, 6.07) is 8.44. The highest BCUT2D eigenvalue weighted by Crippen LogP contribution is 2.18. The topological polar surface area (TPSA) is 70.2 Å². The van der Waals surface area contributed by atoms with Gasteiger partial charge in [0.25, 0.3) is 5.56 Å². The number of rotatable bonds is 13. The molecule has 1 fully saturated rings. The predicted octanol–water partition coefficient (Wildman–Crippen LogP) is 5.91. The number of hydrogen-bond acceptors (Lipinski definition) is 5. The smallest absolute Gasteiger partial charge is 0.255 e. The van der Waals surface area contributed by atoms with Crippen molar-refractivity contribution >= 4 is 30.8 Å². The van der Waals surface area contributed by atoms with Crippen LogP contribution in [0.25, 0.3) is 0 Å². The lowest BCUT2D eigenvalue weighted by molar-refractivity contribution is 0.220.